The molecule has 2 atom stereocenters. The van der Waals surface area contributed by atoms with E-state index in [4.69, 9.17) is 9.47 Å². The van der Waals surface area contributed by atoms with Gasteiger partial charge in [0.25, 0.3) is 5.91 Å². The monoisotopic (exact) mass is 328 g/mol. The molecule has 2 aromatic rings. The van der Waals surface area contributed by atoms with Crippen molar-refractivity contribution in [2.45, 2.75) is 32.1 Å². The van der Waals surface area contributed by atoms with Gasteiger partial charge < -0.3 is 14.4 Å². The second kappa shape index (κ2) is 5.90. The van der Waals surface area contributed by atoms with E-state index in [0.717, 1.165) is 23.4 Å². The van der Waals surface area contributed by atoms with Crippen LogP contribution in [0.25, 0.3) is 0 Å². The van der Waals surface area contributed by atoms with Crippen LogP contribution in [0.2, 0.25) is 0 Å². The number of carbonyl (C=O) groups excluding carboxylic acids is 1. The molecule has 126 valence electrons. The number of carbonyl (C=O) groups is 1. The summed E-state index contributed by atoms with van der Waals surface area (Å²) < 4.78 is 13.0. The molecule has 7 heteroatoms. The van der Waals surface area contributed by atoms with E-state index in [1.165, 1.54) is 0 Å². The number of hydrogen-bond donors (Lipinski definition) is 0. The minimum absolute atomic E-state index is 0.0347. The number of methoxy groups -OCH3 is 1. The molecular formula is C17H20N4O3. The van der Waals surface area contributed by atoms with Crippen LogP contribution in [0.5, 0.6) is 5.75 Å². The minimum Gasteiger partial charge on any atom is -0.497 e. The fourth-order valence-corrected chi connectivity index (χ4v) is 3.54. The number of fused-ring (bicyclic) bond motifs is 3. The molecule has 0 unspecified atom stereocenters. The molecule has 1 saturated heterocycles. The second-order valence-corrected chi connectivity index (χ2v) is 6.31. The zero-order valence-electron chi connectivity index (χ0n) is 13.8. The minimum atomic E-state index is 0.0347. The summed E-state index contributed by atoms with van der Waals surface area (Å²) in [6.45, 7) is 3.75. The average Bonchev–Trinajstić information content (AvgIpc) is 3.09. The lowest BCUT2D eigenvalue weighted by atomic mass is 9.98. The maximum absolute atomic E-state index is 12.9. The zero-order valence-corrected chi connectivity index (χ0v) is 13.8. The summed E-state index contributed by atoms with van der Waals surface area (Å²) >= 11 is 0. The predicted octanol–water partition coefficient (Wildman–Crippen LogP) is 1.58. The zero-order chi connectivity index (χ0) is 16.7. The quantitative estimate of drug-likeness (QED) is 0.837. The molecular weight excluding hydrogens is 308 g/mol. The van der Waals surface area contributed by atoms with Crippen LogP contribution in [-0.2, 0) is 11.3 Å². The van der Waals surface area contributed by atoms with Crippen molar-refractivity contribution >= 4 is 5.91 Å². The van der Waals surface area contributed by atoms with E-state index in [2.05, 4.69) is 10.3 Å². The van der Waals surface area contributed by atoms with Crippen LogP contribution < -0.4 is 4.74 Å². The molecule has 3 heterocycles. The van der Waals surface area contributed by atoms with Crippen molar-refractivity contribution in [3.8, 4) is 5.75 Å². The molecule has 7 nitrogen and oxygen atoms in total. The largest absolute Gasteiger partial charge is 0.497 e. The lowest BCUT2D eigenvalue weighted by Crippen LogP contribution is -2.50. The van der Waals surface area contributed by atoms with Crippen LogP contribution in [0, 0.1) is 6.92 Å². The third-order valence-electron chi connectivity index (χ3n) is 4.88. The van der Waals surface area contributed by atoms with Gasteiger partial charge in [-0.05, 0) is 37.1 Å². The SMILES string of the molecule is COc1ccc(C(=O)N2CC[C@@H]3OCc4cnnn4[C@H]3C2)c(C)c1. The van der Waals surface area contributed by atoms with Gasteiger partial charge in [0.15, 0.2) is 0 Å². The molecule has 0 spiro atoms. The summed E-state index contributed by atoms with van der Waals surface area (Å²) in [5.41, 5.74) is 2.60. The fourth-order valence-electron chi connectivity index (χ4n) is 3.54. The standard InChI is InChI=1S/C17H20N4O3/c1-11-7-13(23-2)3-4-14(11)17(22)20-6-5-16-15(9-20)21-12(10-24-16)8-18-19-21/h3-4,7-8,15-16H,5-6,9-10H2,1-2H3/t15-,16-/m0/s1. The van der Waals surface area contributed by atoms with Crippen molar-refractivity contribution in [3.05, 3.63) is 41.2 Å². The number of nitrogens with zero attached hydrogens (tertiary/aromatic N) is 4. The smallest absolute Gasteiger partial charge is 0.254 e. The van der Waals surface area contributed by atoms with Gasteiger partial charge in [-0.2, -0.15) is 0 Å². The summed E-state index contributed by atoms with van der Waals surface area (Å²) in [7, 11) is 1.62. The molecule has 0 bridgehead atoms. The third kappa shape index (κ3) is 2.45. The number of benzene rings is 1. The summed E-state index contributed by atoms with van der Waals surface area (Å²) in [4.78, 5) is 14.8. The first-order valence-electron chi connectivity index (χ1n) is 8.12. The number of hydrogen-bond acceptors (Lipinski definition) is 5. The Hall–Kier alpha value is -2.41. The average molecular weight is 328 g/mol. The number of rotatable bonds is 2. The first-order valence-corrected chi connectivity index (χ1v) is 8.12. The van der Waals surface area contributed by atoms with Crippen molar-refractivity contribution in [1.82, 2.24) is 19.9 Å². The Morgan fingerprint density at radius 1 is 1.42 bits per heavy atom. The van der Waals surface area contributed by atoms with Crippen molar-refractivity contribution in [1.29, 1.82) is 0 Å². The molecule has 0 saturated carbocycles. The van der Waals surface area contributed by atoms with Crippen molar-refractivity contribution in [3.63, 3.8) is 0 Å². The number of amides is 1. The van der Waals surface area contributed by atoms with Gasteiger partial charge >= 0.3 is 0 Å². The molecule has 0 N–H and O–H groups in total. The molecule has 24 heavy (non-hydrogen) atoms. The molecule has 1 aromatic heterocycles. The Bertz CT molecular complexity index is 773. The molecule has 2 aliphatic rings. The van der Waals surface area contributed by atoms with Gasteiger partial charge in [-0.1, -0.05) is 5.21 Å². The number of ether oxygens (including phenoxy) is 2. The summed E-state index contributed by atoms with van der Waals surface area (Å²) in [6, 6.07) is 5.58. The van der Waals surface area contributed by atoms with E-state index >= 15 is 0 Å². The molecule has 1 fully saturated rings. The van der Waals surface area contributed by atoms with E-state index < -0.39 is 0 Å². The van der Waals surface area contributed by atoms with Crippen LogP contribution in [0.1, 0.15) is 34.1 Å². The fraction of sp³-hybridized carbons (Fsp3) is 0.471. The van der Waals surface area contributed by atoms with Crippen LogP contribution in [0.3, 0.4) is 0 Å². The second-order valence-electron chi connectivity index (χ2n) is 6.31. The topological polar surface area (TPSA) is 69.5 Å². The van der Waals surface area contributed by atoms with Gasteiger partial charge in [0.05, 0.1) is 37.8 Å². The highest BCUT2D eigenvalue weighted by Gasteiger charge is 2.38. The van der Waals surface area contributed by atoms with Gasteiger partial charge in [-0.25, -0.2) is 4.68 Å². The predicted molar refractivity (Wildman–Crippen MR) is 85.9 cm³/mol. The summed E-state index contributed by atoms with van der Waals surface area (Å²) in [5, 5.41) is 8.15. The summed E-state index contributed by atoms with van der Waals surface area (Å²) in [5.74, 6) is 0.802. The van der Waals surface area contributed by atoms with Gasteiger partial charge in [0.1, 0.15) is 5.75 Å². The van der Waals surface area contributed by atoms with Crippen molar-refractivity contribution < 1.29 is 14.3 Å². The highest BCUT2D eigenvalue weighted by atomic mass is 16.5. The van der Waals surface area contributed by atoms with Crippen LogP contribution in [0.4, 0.5) is 0 Å². The van der Waals surface area contributed by atoms with Crippen molar-refractivity contribution in [2.75, 3.05) is 20.2 Å². The highest BCUT2D eigenvalue weighted by molar-refractivity contribution is 5.96. The summed E-state index contributed by atoms with van der Waals surface area (Å²) in [6.07, 6.45) is 2.63. The van der Waals surface area contributed by atoms with Crippen LogP contribution in [0.15, 0.2) is 24.4 Å². The highest BCUT2D eigenvalue weighted by Crippen LogP contribution is 2.31. The van der Waals surface area contributed by atoms with E-state index in [1.807, 2.05) is 34.7 Å². The lowest BCUT2D eigenvalue weighted by molar-refractivity contribution is -0.0605. The molecule has 2 aliphatic heterocycles. The third-order valence-corrected chi connectivity index (χ3v) is 4.88. The Morgan fingerprint density at radius 2 is 2.29 bits per heavy atom. The first kappa shape index (κ1) is 15.1. The number of piperidine rings is 1. The molecule has 0 aliphatic carbocycles. The van der Waals surface area contributed by atoms with Gasteiger partial charge in [-0.15, -0.1) is 5.10 Å². The Labute approximate surface area is 140 Å². The van der Waals surface area contributed by atoms with E-state index in [9.17, 15) is 4.79 Å². The number of aromatic nitrogens is 3. The molecule has 0 radical (unpaired) electrons. The van der Waals surface area contributed by atoms with E-state index in [0.29, 0.717) is 25.3 Å². The van der Waals surface area contributed by atoms with E-state index in [-0.39, 0.29) is 18.1 Å². The normalized spacial score (nSPS) is 22.7. The van der Waals surface area contributed by atoms with Crippen LogP contribution >= 0.6 is 0 Å². The molecule has 1 amide bonds. The maximum Gasteiger partial charge on any atom is 0.254 e. The number of aryl methyl sites for hydroxylation is 1. The Kier molecular flexibility index (Phi) is 3.72. The van der Waals surface area contributed by atoms with Gasteiger partial charge in [-0.3, -0.25) is 4.79 Å². The van der Waals surface area contributed by atoms with Gasteiger partial charge in [0, 0.05) is 18.7 Å². The Balaban J connectivity index is 1.57. The maximum atomic E-state index is 12.9. The lowest BCUT2D eigenvalue weighted by Gasteiger charge is -2.41. The van der Waals surface area contributed by atoms with E-state index in [1.54, 1.807) is 13.3 Å². The van der Waals surface area contributed by atoms with Crippen LogP contribution in [-0.4, -0.2) is 52.1 Å². The van der Waals surface area contributed by atoms with Crippen molar-refractivity contribution in [2.24, 2.45) is 0 Å². The Morgan fingerprint density at radius 3 is 3.08 bits per heavy atom. The van der Waals surface area contributed by atoms with Gasteiger partial charge in [0.2, 0.25) is 0 Å². The molecule has 4 rings (SSSR count). The molecule has 1 aromatic carbocycles. The first-order chi connectivity index (χ1) is 11.7. The number of likely N-dealkylation sites (tertiary alicyclic amines) is 1.